The van der Waals surface area contributed by atoms with E-state index in [0.717, 1.165) is 5.56 Å². The van der Waals surface area contributed by atoms with Gasteiger partial charge in [0.2, 0.25) is 0 Å². The molecular weight excluding hydrogens is 334 g/mol. The van der Waals surface area contributed by atoms with E-state index in [-0.39, 0.29) is 19.0 Å². The largest absolute Gasteiger partial charge is 0.466 e. The molecule has 1 rings (SSSR count). The van der Waals surface area contributed by atoms with Crippen LogP contribution in [0.4, 0.5) is 0 Å². The molecule has 1 N–H and O–H groups in total. The van der Waals surface area contributed by atoms with Gasteiger partial charge in [0, 0.05) is 24.1 Å². The van der Waals surface area contributed by atoms with Crippen LogP contribution in [0.1, 0.15) is 25.3 Å². The van der Waals surface area contributed by atoms with E-state index in [0.29, 0.717) is 24.6 Å². The molecule has 1 amide bonds. The Morgan fingerprint density at radius 1 is 1.17 bits per heavy atom. The third kappa shape index (κ3) is 8.95. The molecular formula is C17H20ClNO5. The van der Waals surface area contributed by atoms with Crippen LogP contribution in [0, 0.1) is 0 Å². The number of carbonyl (C=O) groups is 3. The van der Waals surface area contributed by atoms with Gasteiger partial charge < -0.3 is 14.8 Å². The highest BCUT2D eigenvalue weighted by molar-refractivity contribution is 6.30. The Morgan fingerprint density at radius 3 is 2.54 bits per heavy atom. The molecule has 0 saturated heterocycles. The topological polar surface area (TPSA) is 81.7 Å². The molecule has 0 atom stereocenters. The molecule has 0 heterocycles. The maximum atomic E-state index is 11.5. The summed E-state index contributed by atoms with van der Waals surface area (Å²) >= 11 is 5.76. The van der Waals surface area contributed by atoms with Crippen molar-refractivity contribution in [3.63, 3.8) is 0 Å². The second kappa shape index (κ2) is 11.2. The molecule has 0 bridgehead atoms. The molecule has 6 nitrogen and oxygen atoms in total. The lowest BCUT2D eigenvalue weighted by Gasteiger charge is -2.05. The van der Waals surface area contributed by atoms with Crippen molar-refractivity contribution in [1.82, 2.24) is 5.32 Å². The minimum Gasteiger partial charge on any atom is -0.466 e. The summed E-state index contributed by atoms with van der Waals surface area (Å²) in [5, 5.41) is 3.16. The number of ether oxygens (including phenoxy) is 2. The van der Waals surface area contributed by atoms with Gasteiger partial charge in [-0.2, -0.15) is 0 Å². The van der Waals surface area contributed by atoms with Crippen LogP contribution in [0.15, 0.2) is 30.3 Å². The first-order valence-electron chi connectivity index (χ1n) is 7.54. The molecule has 0 aliphatic rings. The van der Waals surface area contributed by atoms with Crippen LogP contribution in [0.3, 0.4) is 0 Å². The van der Waals surface area contributed by atoms with E-state index < -0.39 is 11.9 Å². The van der Waals surface area contributed by atoms with Crippen molar-refractivity contribution in [2.24, 2.45) is 0 Å². The summed E-state index contributed by atoms with van der Waals surface area (Å²) in [6, 6.07) is 6.91. The van der Waals surface area contributed by atoms with E-state index in [2.05, 4.69) is 5.32 Å². The minimum atomic E-state index is -0.619. The second-order valence-corrected chi connectivity index (χ2v) is 5.19. The van der Waals surface area contributed by atoms with Crippen molar-refractivity contribution < 1.29 is 23.9 Å². The predicted molar refractivity (Wildman–Crippen MR) is 90.3 cm³/mol. The molecule has 7 heteroatoms. The number of esters is 2. The number of hydrogen-bond donors (Lipinski definition) is 1. The zero-order valence-electron chi connectivity index (χ0n) is 13.4. The van der Waals surface area contributed by atoms with Gasteiger partial charge in [-0.3, -0.25) is 9.59 Å². The first-order valence-corrected chi connectivity index (χ1v) is 7.91. The van der Waals surface area contributed by atoms with Crippen LogP contribution in [-0.4, -0.2) is 37.6 Å². The molecule has 0 spiro atoms. The molecule has 0 aliphatic carbocycles. The zero-order chi connectivity index (χ0) is 17.8. The SMILES string of the molecule is CCOC(=O)CCCNC(=O)COC(=O)/C=C/c1ccc(Cl)cc1. The molecule has 0 aliphatic heterocycles. The highest BCUT2D eigenvalue weighted by Crippen LogP contribution is 2.10. The second-order valence-electron chi connectivity index (χ2n) is 4.75. The van der Waals surface area contributed by atoms with Crippen molar-refractivity contribution >= 4 is 35.5 Å². The normalized spacial score (nSPS) is 10.4. The molecule has 1 aromatic rings. The number of benzene rings is 1. The summed E-state index contributed by atoms with van der Waals surface area (Å²) in [5.74, 6) is -1.34. The zero-order valence-corrected chi connectivity index (χ0v) is 14.2. The van der Waals surface area contributed by atoms with Gasteiger partial charge >= 0.3 is 11.9 Å². The molecule has 130 valence electrons. The van der Waals surface area contributed by atoms with Crippen LogP contribution in [0.25, 0.3) is 6.08 Å². The number of halogens is 1. The highest BCUT2D eigenvalue weighted by Gasteiger charge is 2.06. The van der Waals surface area contributed by atoms with Gasteiger partial charge in [0.15, 0.2) is 6.61 Å². The Bertz CT molecular complexity index is 583. The summed E-state index contributed by atoms with van der Waals surface area (Å²) in [7, 11) is 0. The van der Waals surface area contributed by atoms with Crippen molar-refractivity contribution in [3.05, 3.63) is 40.9 Å². The first kappa shape index (κ1) is 19.7. The van der Waals surface area contributed by atoms with Crippen LogP contribution < -0.4 is 5.32 Å². The van der Waals surface area contributed by atoms with Gasteiger partial charge in [0.05, 0.1) is 6.61 Å². The molecule has 0 radical (unpaired) electrons. The quantitative estimate of drug-likeness (QED) is 0.418. The van der Waals surface area contributed by atoms with Gasteiger partial charge in [-0.15, -0.1) is 0 Å². The highest BCUT2D eigenvalue weighted by atomic mass is 35.5. The molecule has 0 unspecified atom stereocenters. The Morgan fingerprint density at radius 2 is 1.88 bits per heavy atom. The Labute approximate surface area is 145 Å². The number of nitrogens with one attached hydrogen (secondary N) is 1. The summed E-state index contributed by atoms with van der Waals surface area (Å²) in [6.07, 6.45) is 3.50. The van der Waals surface area contributed by atoms with Gasteiger partial charge in [0.25, 0.3) is 5.91 Å². The summed E-state index contributed by atoms with van der Waals surface area (Å²) in [4.78, 5) is 34.1. The van der Waals surface area contributed by atoms with E-state index in [1.807, 2.05) is 0 Å². The van der Waals surface area contributed by atoms with E-state index >= 15 is 0 Å². The lowest BCUT2D eigenvalue weighted by Crippen LogP contribution is -2.29. The Hall–Kier alpha value is -2.34. The van der Waals surface area contributed by atoms with Crippen LogP contribution in [-0.2, 0) is 23.9 Å². The third-order valence-corrected chi connectivity index (χ3v) is 3.06. The standard InChI is InChI=1S/C17H20ClNO5/c1-2-23-16(21)4-3-11-19-15(20)12-24-17(22)10-7-13-5-8-14(18)9-6-13/h5-10H,2-4,11-12H2,1H3,(H,19,20)/b10-7+. The summed E-state index contributed by atoms with van der Waals surface area (Å²) in [6.45, 7) is 2.01. The molecule has 1 aromatic carbocycles. The van der Waals surface area contributed by atoms with Crippen molar-refractivity contribution in [1.29, 1.82) is 0 Å². The van der Waals surface area contributed by atoms with Crippen LogP contribution in [0.5, 0.6) is 0 Å². The van der Waals surface area contributed by atoms with E-state index in [4.69, 9.17) is 21.1 Å². The van der Waals surface area contributed by atoms with Gasteiger partial charge in [-0.25, -0.2) is 4.79 Å². The maximum Gasteiger partial charge on any atom is 0.331 e. The van der Waals surface area contributed by atoms with Crippen molar-refractivity contribution in [2.45, 2.75) is 19.8 Å². The molecule has 24 heavy (non-hydrogen) atoms. The Kier molecular flexibility index (Phi) is 9.23. The van der Waals surface area contributed by atoms with E-state index in [1.54, 1.807) is 37.3 Å². The smallest absolute Gasteiger partial charge is 0.331 e. The van der Waals surface area contributed by atoms with E-state index in [1.165, 1.54) is 6.08 Å². The average molecular weight is 354 g/mol. The third-order valence-electron chi connectivity index (χ3n) is 2.81. The number of hydrogen-bond acceptors (Lipinski definition) is 5. The summed E-state index contributed by atoms with van der Waals surface area (Å²) in [5.41, 5.74) is 0.791. The molecule has 0 saturated carbocycles. The fourth-order valence-electron chi connectivity index (χ4n) is 1.67. The number of amides is 1. The molecule has 0 aromatic heterocycles. The predicted octanol–water partition coefficient (Wildman–Crippen LogP) is 2.36. The molecule has 0 fully saturated rings. The Balaban J connectivity index is 2.18. The van der Waals surface area contributed by atoms with Crippen LogP contribution >= 0.6 is 11.6 Å². The average Bonchev–Trinajstić information content (AvgIpc) is 2.56. The van der Waals surface area contributed by atoms with Crippen LogP contribution in [0.2, 0.25) is 5.02 Å². The lowest BCUT2D eigenvalue weighted by molar-refractivity contribution is -0.143. The van der Waals surface area contributed by atoms with Crippen molar-refractivity contribution in [3.8, 4) is 0 Å². The first-order chi connectivity index (χ1) is 11.5. The summed E-state index contributed by atoms with van der Waals surface area (Å²) < 4.78 is 9.57. The van der Waals surface area contributed by atoms with Gasteiger partial charge in [0.1, 0.15) is 0 Å². The maximum absolute atomic E-state index is 11.5. The minimum absolute atomic E-state index is 0.234. The van der Waals surface area contributed by atoms with Gasteiger partial charge in [-0.05, 0) is 37.1 Å². The fourth-order valence-corrected chi connectivity index (χ4v) is 1.79. The fraction of sp³-hybridized carbons (Fsp3) is 0.353. The van der Waals surface area contributed by atoms with E-state index in [9.17, 15) is 14.4 Å². The monoisotopic (exact) mass is 353 g/mol. The van der Waals surface area contributed by atoms with Crippen molar-refractivity contribution in [2.75, 3.05) is 19.8 Å². The lowest BCUT2D eigenvalue weighted by atomic mass is 10.2. The number of carbonyl (C=O) groups excluding carboxylic acids is 3. The number of rotatable bonds is 9. The van der Waals surface area contributed by atoms with Gasteiger partial charge in [-0.1, -0.05) is 23.7 Å².